The van der Waals surface area contributed by atoms with E-state index in [4.69, 9.17) is 54.2 Å². The Kier molecular flexibility index (Phi) is 20.8. The van der Waals surface area contributed by atoms with E-state index in [1.807, 2.05) is 0 Å². The van der Waals surface area contributed by atoms with Crippen LogP contribution in [-0.4, -0.2) is 139 Å². The number of halogens is 1. The van der Waals surface area contributed by atoms with Gasteiger partial charge < -0.3 is 47.7 Å². The van der Waals surface area contributed by atoms with Crippen LogP contribution in [0.5, 0.6) is 34.5 Å². The Labute approximate surface area is 458 Å². The lowest BCUT2D eigenvalue weighted by atomic mass is 9.79. The molecule has 3 aromatic rings. The van der Waals surface area contributed by atoms with Crippen molar-refractivity contribution in [2.75, 3.05) is 89.0 Å². The van der Waals surface area contributed by atoms with Gasteiger partial charge in [-0.2, -0.15) is 0 Å². The highest BCUT2D eigenvalue weighted by molar-refractivity contribution is 6.61. The number of methoxy groups -OCH3 is 7. The molecule has 0 aliphatic carbocycles. The molecule has 1 N–H and O–H groups in total. The van der Waals surface area contributed by atoms with Crippen LogP contribution in [0.3, 0.4) is 0 Å². The molecule has 3 saturated heterocycles. The fourth-order valence-corrected chi connectivity index (χ4v) is 13.4. The van der Waals surface area contributed by atoms with Crippen LogP contribution in [0, 0.1) is 35.5 Å². The van der Waals surface area contributed by atoms with Gasteiger partial charge in [-0.1, -0.05) is 41.5 Å². The van der Waals surface area contributed by atoms with Gasteiger partial charge in [-0.3, -0.25) is 14.7 Å². The second kappa shape index (κ2) is 26.8. The second-order valence-electron chi connectivity index (χ2n) is 22.9. The van der Waals surface area contributed by atoms with Crippen LogP contribution in [0.4, 0.5) is 9.59 Å². The van der Waals surface area contributed by atoms with Gasteiger partial charge in [0.15, 0.2) is 34.5 Å². The first-order chi connectivity index (χ1) is 36.4. The monoisotopic (exact) mass is 1080 g/mol. The smallest absolute Gasteiger partial charge is 0.493 e. The Morgan fingerprint density at radius 2 is 0.816 bits per heavy atom. The topological polar surface area (TPSA) is 147 Å². The Hall–Kier alpha value is -4.67. The predicted molar refractivity (Wildman–Crippen MR) is 295 cm³/mol. The molecule has 0 bridgehead atoms. The third-order valence-corrected chi connectivity index (χ3v) is 16.8. The number of rotatable bonds is 14. The maximum absolute atomic E-state index is 11.8. The summed E-state index contributed by atoms with van der Waals surface area (Å²) in [5.74, 6) is 7.36. The molecule has 0 spiro atoms. The molecule has 6 aliphatic heterocycles. The van der Waals surface area contributed by atoms with Crippen LogP contribution in [0.25, 0.3) is 0 Å². The normalized spacial score (nSPS) is 25.8. The van der Waals surface area contributed by atoms with Crippen molar-refractivity contribution < 1.29 is 57.3 Å². The van der Waals surface area contributed by atoms with Crippen LogP contribution in [0.15, 0.2) is 36.4 Å². The molecule has 15 nitrogen and oxygen atoms in total. The Morgan fingerprint density at radius 3 is 1.14 bits per heavy atom. The van der Waals surface area contributed by atoms with E-state index >= 15 is 0 Å². The number of carbonyl (C=O) groups is 2. The first-order valence-electron chi connectivity index (χ1n) is 27.7. The van der Waals surface area contributed by atoms with Crippen LogP contribution in [0.2, 0.25) is 0 Å². The Bertz CT molecular complexity index is 2420. The van der Waals surface area contributed by atoms with Crippen LogP contribution >= 0.6 is 11.6 Å². The lowest BCUT2D eigenvalue weighted by Gasteiger charge is -2.47. The van der Waals surface area contributed by atoms with Crippen LogP contribution in [0.1, 0.15) is 132 Å². The third-order valence-electron chi connectivity index (χ3n) is 16.7. The van der Waals surface area contributed by atoms with Crippen molar-refractivity contribution in [2.24, 2.45) is 35.5 Å². The molecule has 6 heterocycles. The minimum atomic E-state index is -0.708. The number of aliphatic hydroxyl groups is 1. The van der Waals surface area contributed by atoms with Crippen molar-refractivity contribution in [1.29, 1.82) is 0 Å². The van der Waals surface area contributed by atoms with E-state index in [2.05, 4.69) is 92.6 Å². The highest BCUT2D eigenvalue weighted by Gasteiger charge is 2.44. The number of fused-ring (bicyclic) bond motifs is 9. The molecule has 0 radical (unpaired) electrons. The number of hydrogen-bond donors (Lipinski definition) is 1. The molecule has 0 aromatic heterocycles. The largest absolute Gasteiger partial charge is 0.508 e. The molecular formula is C60H88ClN3O12. The number of piperidine rings is 3. The Morgan fingerprint density at radius 1 is 0.500 bits per heavy atom. The maximum Gasteiger partial charge on any atom is 0.508 e. The van der Waals surface area contributed by atoms with Gasteiger partial charge in [0.2, 0.25) is 0 Å². The molecule has 422 valence electrons. The highest BCUT2D eigenvalue weighted by atomic mass is 35.5. The minimum absolute atomic E-state index is 0.139. The summed E-state index contributed by atoms with van der Waals surface area (Å²) in [6.07, 6.45) is 7.43. The summed E-state index contributed by atoms with van der Waals surface area (Å²) in [7, 11) is 11.4. The molecule has 9 unspecified atom stereocenters. The van der Waals surface area contributed by atoms with Gasteiger partial charge in [0.1, 0.15) is 12.2 Å². The van der Waals surface area contributed by atoms with E-state index < -0.39 is 11.6 Å². The first kappa shape index (κ1) is 59.0. The van der Waals surface area contributed by atoms with Crippen molar-refractivity contribution in [3.8, 4) is 34.5 Å². The van der Waals surface area contributed by atoms with Gasteiger partial charge in [-0.15, -0.1) is 0 Å². The number of carbonyl (C=O) groups excluding carboxylic acids is 2. The number of nitrogens with zero attached hydrogens (tertiary/aromatic N) is 3. The quantitative estimate of drug-likeness (QED) is 0.121. The SMILES string of the molecule is COC(=O)OC1CC2c3cc(OC)c(OC)cc3CCN2CC1CC(C)C.COc1cc2c(cc1OC)C1CC(O)C(CC(C)C)CN1CC2.COc1cc2c(cc1OC)C1CC(OC(=O)Cl)C(CC(C)C)CN1CC2. The van der Waals surface area contributed by atoms with E-state index in [1.54, 1.807) is 42.7 Å². The number of benzene rings is 3. The molecule has 6 aliphatic rings. The summed E-state index contributed by atoms with van der Waals surface area (Å²) in [4.78, 5) is 30.8. The molecule has 3 aromatic carbocycles. The maximum atomic E-state index is 11.8. The molecule has 3 fully saturated rings. The molecule has 9 rings (SSSR count). The van der Waals surface area contributed by atoms with Gasteiger partial charge in [0.05, 0.1) is 55.9 Å². The highest BCUT2D eigenvalue weighted by Crippen LogP contribution is 2.48. The summed E-state index contributed by atoms with van der Waals surface area (Å²) >= 11 is 5.56. The van der Waals surface area contributed by atoms with E-state index in [0.29, 0.717) is 41.5 Å². The predicted octanol–water partition coefficient (Wildman–Crippen LogP) is 11.3. The lowest BCUT2D eigenvalue weighted by Crippen LogP contribution is -2.49. The fraction of sp³-hybridized carbons (Fsp3) is 0.667. The minimum Gasteiger partial charge on any atom is -0.493 e. The molecular weight excluding hydrogens is 990 g/mol. The molecule has 0 saturated carbocycles. The summed E-state index contributed by atoms with van der Waals surface area (Å²) in [6, 6.07) is 13.3. The molecule has 76 heavy (non-hydrogen) atoms. The lowest BCUT2D eigenvalue weighted by molar-refractivity contribution is -0.0493. The summed E-state index contributed by atoms with van der Waals surface area (Å²) in [5.41, 5.74) is 6.98. The third kappa shape index (κ3) is 13.9. The first-order valence-corrected chi connectivity index (χ1v) is 28.1. The van der Waals surface area contributed by atoms with Crippen molar-refractivity contribution in [1.82, 2.24) is 14.7 Å². The number of hydrogen-bond acceptors (Lipinski definition) is 15. The summed E-state index contributed by atoms with van der Waals surface area (Å²) in [5, 5.41) is 10.6. The number of ether oxygens (including phenoxy) is 9. The Balaban J connectivity index is 0.000000166. The van der Waals surface area contributed by atoms with E-state index in [-0.39, 0.29) is 30.4 Å². The average Bonchev–Trinajstić information content (AvgIpc) is 3.41. The second-order valence-corrected chi connectivity index (χ2v) is 23.3. The van der Waals surface area contributed by atoms with E-state index in [1.165, 1.54) is 40.5 Å². The summed E-state index contributed by atoms with van der Waals surface area (Å²) in [6.45, 7) is 19.2. The van der Waals surface area contributed by atoms with Gasteiger partial charge >= 0.3 is 11.6 Å². The van der Waals surface area contributed by atoms with Gasteiger partial charge in [-0.05, 0) is 138 Å². The van der Waals surface area contributed by atoms with Crippen molar-refractivity contribution in [3.63, 3.8) is 0 Å². The fourth-order valence-electron chi connectivity index (χ4n) is 13.3. The van der Waals surface area contributed by atoms with Crippen molar-refractivity contribution >= 4 is 23.2 Å². The van der Waals surface area contributed by atoms with Crippen LogP contribution in [-0.2, 0) is 33.5 Å². The molecule has 16 heteroatoms. The van der Waals surface area contributed by atoms with Crippen molar-refractivity contribution in [3.05, 3.63) is 69.8 Å². The average molecular weight is 1080 g/mol. The number of aliphatic hydroxyl groups excluding tert-OH is 1. The van der Waals surface area contributed by atoms with Gasteiger partial charge in [-0.25, -0.2) is 9.59 Å². The van der Waals surface area contributed by atoms with Crippen LogP contribution < -0.4 is 28.4 Å². The zero-order chi connectivity index (χ0) is 55.0. The van der Waals surface area contributed by atoms with E-state index in [9.17, 15) is 14.7 Å². The zero-order valence-electron chi connectivity index (χ0n) is 47.7. The van der Waals surface area contributed by atoms with Gasteiger partial charge in [0, 0.05) is 93.7 Å². The zero-order valence-corrected chi connectivity index (χ0v) is 48.4. The standard InChI is InChI=1S/C21H31NO5.C20H28ClNO4.C19H29NO3/c1-13(2)8-15-12-22-7-6-14-9-19(24-3)20(25-4)10-16(14)17(22)11-18(15)27-21(23)26-5;1-12(2)7-14-11-22-6-5-13-8-18(24-3)19(25-4)9-15(13)16(22)10-17(14)26-20(21)23;1-12(2)7-14-11-20-6-5-13-8-18(22-3)19(23-4)9-15(13)16(20)10-17(14)21/h9-10,13,15,17-18H,6-8,11-12H2,1-5H3;8-9,12,14,16-17H,5-7,10-11H2,1-4H3;8-9,12,14,16-17,21H,5-7,10-11H2,1-4H3. The van der Waals surface area contributed by atoms with Crippen molar-refractivity contribution in [2.45, 2.75) is 136 Å². The molecule has 0 amide bonds. The molecule has 9 atom stereocenters. The summed E-state index contributed by atoms with van der Waals surface area (Å²) < 4.78 is 48.8. The van der Waals surface area contributed by atoms with Gasteiger partial charge in [0.25, 0.3) is 0 Å². The van der Waals surface area contributed by atoms with E-state index in [0.717, 1.165) is 132 Å².